The van der Waals surface area contributed by atoms with Crippen LogP contribution in [0.4, 0.5) is 5.69 Å². The zero-order chi connectivity index (χ0) is 14.8. The molecule has 0 amide bonds. The zero-order valence-corrected chi connectivity index (χ0v) is 13.5. The van der Waals surface area contributed by atoms with Crippen LogP contribution in [0, 0.1) is 0 Å². The van der Waals surface area contributed by atoms with Crippen LogP contribution in [0.25, 0.3) is 0 Å². The Balaban J connectivity index is 2.27. The van der Waals surface area contributed by atoms with Crippen molar-refractivity contribution in [3.63, 3.8) is 0 Å². The molecule has 20 heavy (non-hydrogen) atoms. The van der Waals surface area contributed by atoms with Gasteiger partial charge in [-0.25, -0.2) is 13.1 Å². The number of halogens is 1. The van der Waals surface area contributed by atoms with Crippen LogP contribution >= 0.6 is 15.9 Å². The fourth-order valence-corrected chi connectivity index (χ4v) is 4.55. The summed E-state index contributed by atoms with van der Waals surface area (Å²) in [5.41, 5.74) is 5.42. The number of hydrogen-bond donors (Lipinski definition) is 3. The fourth-order valence-electron chi connectivity index (χ4n) is 2.54. The highest BCUT2D eigenvalue weighted by molar-refractivity contribution is 9.10. The molecule has 1 fully saturated rings. The molecule has 0 spiro atoms. The number of aliphatic hydroxyl groups excluding tert-OH is 1. The summed E-state index contributed by atoms with van der Waals surface area (Å²) in [5.74, 6) is 0. The fraction of sp³-hybridized carbons (Fsp3) is 0.538. The van der Waals surface area contributed by atoms with Crippen LogP contribution < -0.4 is 10.5 Å². The topological polar surface area (TPSA) is 92.4 Å². The van der Waals surface area contributed by atoms with E-state index in [1.807, 2.05) is 0 Å². The lowest BCUT2D eigenvalue weighted by Gasteiger charge is -2.36. The molecular formula is C13H19BrN2O3S. The van der Waals surface area contributed by atoms with Gasteiger partial charge < -0.3 is 10.8 Å². The van der Waals surface area contributed by atoms with Gasteiger partial charge in [-0.05, 0) is 47.0 Å². The van der Waals surface area contributed by atoms with Gasteiger partial charge >= 0.3 is 0 Å². The molecule has 1 aromatic carbocycles. The van der Waals surface area contributed by atoms with Gasteiger partial charge in [-0.15, -0.1) is 0 Å². The molecule has 4 N–H and O–H groups in total. The third-order valence-electron chi connectivity index (χ3n) is 3.75. The van der Waals surface area contributed by atoms with Crippen molar-refractivity contribution in [2.45, 2.75) is 42.5 Å². The van der Waals surface area contributed by atoms with Crippen molar-refractivity contribution in [3.05, 3.63) is 22.7 Å². The highest BCUT2D eigenvalue weighted by Gasteiger charge is 2.36. The van der Waals surface area contributed by atoms with E-state index in [1.54, 1.807) is 6.07 Å². The van der Waals surface area contributed by atoms with Crippen molar-refractivity contribution >= 4 is 31.6 Å². The summed E-state index contributed by atoms with van der Waals surface area (Å²) in [6, 6.07) is 4.49. The number of nitrogen functional groups attached to an aromatic ring is 1. The Morgan fingerprint density at radius 1 is 1.30 bits per heavy atom. The van der Waals surface area contributed by atoms with Crippen LogP contribution in [-0.2, 0) is 10.0 Å². The van der Waals surface area contributed by atoms with E-state index in [4.69, 9.17) is 5.73 Å². The average molecular weight is 363 g/mol. The second-order valence-corrected chi connectivity index (χ2v) is 7.82. The number of nitrogens with two attached hydrogens (primary N) is 1. The van der Waals surface area contributed by atoms with E-state index in [0.29, 0.717) is 23.0 Å². The maximum atomic E-state index is 12.4. The quantitative estimate of drug-likeness (QED) is 0.714. The second kappa shape index (κ2) is 6.01. The second-order valence-electron chi connectivity index (χ2n) is 5.29. The Morgan fingerprint density at radius 3 is 2.50 bits per heavy atom. The molecule has 0 bridgehead atoms. The number of sulfonamides is 1. The SMILES string of the molecule is Nc1ccc(S(=O)(=O)NC2(CO)CCCCC2)cc1Br. The van der Waals surface area contributed by atoms with Crippen LogP contribution in [0.5, 0.6) is 0 Å². The molecule has 7 heteroatoms. The summed E-state index contributed by atoms with van der Waals surface area (Å²) in [7, 11) is -3.67. The molecular weight excluding hydrogens is 344 g/mol. The van der Waals surface area contributed by atoms with E-state index in [1.165, 1.54) is 12.1 Å². The molecule has 0 saturated heterocycles. The van der Waals surface area contributed by atoms with Crippen molar-refractivity contribution in [2.24, 2.45) is 0 Å². The highest BCUT2D eigenvalue weighted by Crippen LogP contribution is 2.30. The minimum atomic E-state index is -3.67. The standard InChI is InChI=1S/C13H19BrN2O3S/c14-11-8-10(4-5-12(11)15)20(18,19)16-13(9-17)6-2-1-3-7-13/h4-5,8,16-17H,1-3,6-7,9,15H2. The molecule has 1 aliphatic carbocycles. The number of anilines is 1. The highest BCUT2D eigenvalue weighted by atomic mass is 79.9. The number of hydrogen-bond acceptors (Lipinski definition) is 4. The summed E-state index contributed by atoms with van der Waals surface area (Å²) in [6.45, 7) is -0.178. The summed E-state index contributed by atoms with van der Waals surface area (Å²) in [5, 5.41) is 9.59. The minimum Gasteiger partial charge on any atom is -0.398 e. The Kier molecular flexibility index (Phi) is 4.73. The van der Waals surface area contributed by atoms with Crippen LogP contribution in [0.3, 0.4) is 0 Å². The van der Waals surface area contributed by atoms with Gasteiger partial charge in [-0.2, -0.15) is 0 Å². The first-order chi connectivity index (χ1) is 9.38. The molecule has 5 nitrogen and oxygen atoms in total. The first-order valence-corrected chi connectivity index (χ1v) is 8.86. The third-order valence-corrected chi connectivity index (χ3v) is 6.01. The van der Waals surface area contributed by atoms with E-state index in [-0.39, 0.29) is 11.5 Å². The smallest absolute Gasteiger partial charge is 0.241 e. The largest absolute Gasteiger partial charge is 0.398 e. The van der Waals surface area contributed by atoms with Gasteiger partial charge in [0.15, 0.2) is 0 Å². The van der Waals surface area contributed by atoms with Gasteiger partial charge in [0.25, 0.3) is 0 Å². The first-order valence-electron chi connectivity index (χ1n) is 6.58. The van der Waals surface area contributed by atoms with Gasteiger partial charge in [0.1, 0.15) is 0 Å². The summed E-state index contributed by atoms with van der Waals surface area (Å²) < 4.78 is 28.1. The van der Waals surface area contributed by atoms with Crippen molar-refractivity contribution < 1.29 is 13.5 Å². The van der Waals surface area contributed by atoms with Gasteiger partial charge in [0.05, 0.1) is 17.0 Å². The van der Waals surface area contributed by atoms with Crippen LogP contribution in [0.2, 0.25) is 0 Å². The normalized spacial score (nSPS) is 18.9. The number of rotatable bonds is 4. The van der Waals surface area contributed by atoms with Crippen molar-refractivity contribution in [3.8, 4) is 0 Å². The van der Waals surface area contributed by atoms with Gasteiger partial charge in [0, 0.05) is 10.2 Å². The Morgan fingerprint density at radius 2 is 1.95 bits per heavy atom. The molecule has 1 saturated carbocycles. The first kappa shape index (κ1) is 15.8. The number of nitrogens with one attached hydrogen (secondary N) is 1. The van der Waals surface area contributed by atoms with E-state index in [0.717, 1.165) is 19.3 Å². The van der Waals surface area contributed by atoms with Crippen molar-refractivity contribution in [1.29, 1.82) is 0 Å². The lowest BCUT2D eigenvalue weighted by Crippen LogP contribution is -2.52. The Labute approximate surface area is 127 Å². The predicted octanol–water partition coefficient (Wildman–Crippen LogP) is 2.00. The molecule has 1 aliphatic rings. The zero-order valence-electron chi connectivity index (χ0n) is 11.1. The van der Waals surface area contributed by atoms with Crippen molar-refractivity contribution in [2.75, 3.05) is 12.3 Å². The van der Waals surface area contributed by atoms with E-state index in [9.17, 15) is 13.5 Å². The van der Waals surface area contributed by atoms with E-state index >= 15 is 0 Å². The van der Waals surface area contributed by atoms with Crippen LogP contribution in [0.1, 0.15) is 32.1 Å². The van der Waals surface area contributed by atoms with Gasteiger partial charge in [-0.1, -0.05) is 19.3 Å². The van der Waals surface area contributed by atoms with Gasteiger partial charge in [-0.3, -0.25) is 0 Å². The molecule has 2 rings (SSSR count). The molecule has 0 aliphatic heterocycles. The number of benzene rings is 1. The molecule has 0 unspecified atom stereocenters. The van der Waals surface area contributed by atoms with E-state index in [2.05, 4.69) is 20.7 Å². The van der Waals surface area contributed by atoms with E-state index < -0.39 is 15.6 Å². The third kappa shape index (κ3) is 3.33. The minimum absolute atomic E-state index is 0.150. The maximum Gasteiger partial charge on any atom is 0.241 e. The molecule has 0 heterocycles. The molecule has 0 atom stereocenters. The summed E-state index contributed by atoms with van der Waals surface area (Å²) in [4.78, 5) is 0.150. The lowest BCUT2D eigenvalue weighted by molar-refractivity contribution is 0.142. The lowest BCUT2D eigenvalue weighted by atomic mass is 9.83. The number of aliphatic hydroxyl groups is 1. The van der Waals surface area contributed by atoms with Crippen LogP contribution in [0.15, 0.2) is 27.6 Å². The van der Waals surface area contributed by atoms with Crippen LogP contribution in [-0.4, -0.2) is 25.7 Å². The summed E-state index contributed by atoms with van der Waals surface area (Å²) >= 11 is 3.23. The maximum absolute atomic E-state index is 12.4. The summed E-state index contributed by atoms with van der Waals surface area (Å²) in [6.07, 6.45) is 4.26. The Bertz CT molecular complexity index is 583. The monoisotopic (exact) mass is 362 g/mol. The predicted molar refractivity (Wildman–Crippen MR) is 81.8 cm³/mol. The molecule has 1 aromatic rings. The molecule has 112 valence electrons. The molecule has 0 radical (unpaired) electrons. The Hall–Kier alpha value is -0.630. The van der Waals surface area contributed by atoms with Gasteiger partial charge in [0.2, 0.25) is 10.0 Å². The average Bonchev–Trinajstić information content (AvgIpc) is 2.42. The molecule has 0 aromatic heterocycles. The van der Waals surface area contributed by atoms with Crippen molar-refractivity contribution in [1.82, 2.24) is 4.72 Å².